The average molecular weight is 521 g/mol. The van der Waals surface area contributed by atoms with Crippen LogP contribution in [0.4, 0.5) is 20.6 Å². The molecule has 4 amide bonds. The summed E-state index contributed by atoms with van der Waals surface area (Å²) in [6.45, 7) is 5.49. The number of halogens is 1. The molecule has 10 nitrogen and oxygen atoms in total. The number of methoxy groups -OCH3 is 1. The van der Waals surface area contributed by atoms with Crippen molar-refractivity contribution < 1.29 is 33.0 Å². The first-order valence-corrected chi connectivity index (χ1v) is 11.6. The lowest BCUT2D eigenvalue weighted by molar-refractivity contribution is -0.110. The van der Waals surface area contributed by atoms with E-state index >= 15 is 0 Å². The van der Waals surface area contributed by atoms with E-state index < -0.39 is 23.7 Å². The van der Waals surface area contributed by atoms with Crippen LogP contribution in [0.15, 0.2) is 36.4 Å². The van der Waals surface area contributed by atoms with Gasteiger partial charge < -0.3 is 25.1 Å². The summed E-state index contributed by atoms with van der Waals surface area (Å²) in [5.74, 6) is -2.34. The number of hydrogen-bond donors (Lipinski definition) is 4. The van der Waals surface area contributed by atoms with E-state index in [1.54, 1.807) is 39.0 Å². The van der Waals surface area contributed by atoms with E-state index in [0.717, 1.165) is 6.07 Å². The first kappa shape index (κ1) is 26.1. The molecule has 0 unspecified atom stereocenters. The number of rotatable bonds is 6. The minimum Gasteiger partial charge on any atom is -0.497 e. The molecule has 0 aliphatic carbocycles. The molecule has 1 aliphatic rings. The van der Waals surface area contributed by atoms with Crippen LogP contribution < -0.4 is 20.7 Å². The van der Waals surface area contributed by atoms with Crippen LogP contribution in [0.1, 0.15) is 50.2 Å². The average Bonchev–Trinajstić information content (AvgIpc) is 3.32. The fourth-order valence-electron chi connectivity index (χ4n) is 4.13. The third-order valence-electron chi connectivity index (χ3n) is 5.95. The molecule has 0 saturated carbocycles. The van der Waals surface area contributed by atoms with Crippen molar-refractivity contribution in [3.63, 3.8) is 0 Å². The Morgan fingerprint density at radius 1 is 1.11 bits per heavy atom. The molecule has 4 rings (SSSR count). The van der Waals surface area contributed by atoms with Crippen LogP contribution in [0.3, 0.4) is 0 Å². The van der Waals surface area contributed by atoms with Crippen molar-refractivity contribution >= 4 is 46.8 Å². The number of esters is 1. The fourth-order valence-corrected chi connectivity index (χ4v) is 4.13. The maximum atomic E-state index is 14.1. The molecule has 2 aromatic carbocycles. The molecule has 0 fully saturated rings. The summed E-state index contributed by atoms with van der Waals surface area (Å²) in [6, 6.07) is 7.49. The zero-order valence-corrected chi connectivity index (χ0v) is 21.1. The highest BCUT2D eigenvalue weighted by Gasteiger charge is 2.26. The molecule has 3 aromatic rings. The number of ether oxygens (including phenoxy) is 2. The molecule has 0 spiro atoms. The van der Waals surface area contributed by atoms with Crippen molar-refractivity contribution in [3.8, 4) is 5.75 Å². The molecule has 0 radical (unpaired) electrons. The van der Waals surface area contributed by atoms with Crippen molar-refractivity contribution in [3.05, 3.63) is 75.9 Å². The van der Waals surface area contributed by atoms with Crippen LogP contribution in [-0.2, 0) is 9.53 Å². The van der Waals surface area contributed by atoms with E-state index in [1.807, 2.05) is 0 Å². The van der Waals surface area contributed by atoms with Gasteiger partial charge in [-0.05, 0) is 56.7 Å². The molecular weight excluding hydrogens is 495 g/mol. The Hall–Kier alpha value is -4.93. The highest BCUT2D eigenvalue weighted by atomic mass is 19.1. The highest BCUT2D eigenvalue weighted by molar-refractivity contribution is 6.35. The van der Waals surface area contributed by atoms with Gasteiger partial charge in [0.05, 0.1) is 36.1 Å². The summed E-state index contributed by atoms with van der Waals surface area (Å²) in [5, 5.41) is 7.29. The number of fused-ring (bicyclic) bond motifs is 1. The Balaban J connectivity index is 1.51. The minimum atomic E-state index is -0.930. The summed E-state index contributed by atoms with van der Waals surface area (Å²) in [5.41, 5.74) is 3.66. The summed E-state index contributed by atoms with van der Waals surface area (Å²) in [6.07, 6.45) is 1.65. The number of carbonyl (C=O) groups is 4. The van der Waals surface area contributed by atoms with Crippen LogP contribution in [0.25, 0.3) is 11.6 Å². The maximum absolute atomic E-state index is 14.1. The van der Waals surface area contributed by atoms with Crippen molar-refractivity contribution in [1.29, 1.82) is 0 Å². The first-order chi connectivity index (χ1) is 18.1. The molecule has 2 heterocycles. The van der Waals surface area contributed by atoms with Gasteiger partial charge in [0.2, 0.25) is 0 Å². The van der Waals surface area contributed by atoms with Crippen molar-refractivity contribution in [2.24, 2.45) is 0 Å². The fraction of sp³-hybridized carbons (Fsp3) is 0.185. The standard InChI is InChI=1S/C27H25FN4O6/c1-5-38-26(35)23-13(2)21(29-14(23)3)12-19-17-8-6-15(10-22(17)31-25(19)34)30-27(36)32-24(33)18-9-7-16(37-4)11-20(18)28/h6-12,29H,5H2,1-4H3,(H,31,34)(H2,30,32,33,36)/b19-12-. The Morgan fingerprint density at radius 2 is 1.87 bits per heavy atom. The molecule has 0 bridgehead atoms. The van der Waals surface area contributed by atoms with Gasteiger partial charge in [-0.1, -0.05) is 6.07 Å². The van der Waals surface area contributed by atoms with E-state index in [-0.39, 0.29) is 23.8 Å². The number of amides is 4. The predicted molar refractivity (Wildman–Crippen MR) is 139 cm³/mol. The SMILES string of the molecule is CCOC(=O)c1c(C)[nH]c(/C=C2\C(=O)Nc3cc(NC(=O)NC(=O)c4ccc(OC)cc4F)ccc32)c1C. The third kappa shape index (κ3) is 5.12. The molecule has 1 aromatic heterocycles. The predicted octanol–water partition coefficient (Wildman–Crippen LogP) is 4.41. The van der Waals surface area contributed by atoms with Crippen molar-refractivity contribution in [1.82, 2.24) is 10.3 Å². The second kappa shape index (κ2) is 10.6. The quantitative estimate of drug-likeness (QED) is 0.281. The number of aryl methyl sites for hydroxylation is 1. The van der Waals surface area contributed by atoms with Gasteiger partial charge in [-0.25, -0.2) is 14.0 Å². The number of hydrogen-bond acceptors (Lipinski definition) is 6. The molecule has 0 atom stereocenters. The largest absolute Gasteiger partial charge is 0.497 e. The molecule has 1 aliphatic heterocycles. The van der Waals surface area contributed by atoms with Crippen molar-refractivity contribution in [2.75, 3.05) is 24.4 Å². The van der Waals surface area contributed by atoms with Gasteiger partial charge in [0.25, 0.3) is 11.8 Å². The topological polar surface area (TPSA) is 139 Å². The zero-order chi connectivity index (χ0) is 27.6. The monoisotopic (exact) mass is 520 g/mol. The van der Waals surface area contributed by atoms with Gasteiger partial charge >= 0.3 is 12.0 Å². The van der Waals surface area contributed by atoms with E-state index in [4.69, 9.17) is 9.47 Å². The van der Waals surface area contributed by atoms with Crippen LogP contribution in [0.5, 0.6) is 5.75 Å². The molecular formula is C27H25FN4O6. The number of nitrogens with one attached hydrogen (secondary N) is 4. The number of benzene rings is 2. The van der Waals surface area contributed by atoms with E-state index in [9.17, 15) is 23.6 Å². The number of carbonyl (C=O) groups excluding carboxylic acids is 4. The lowest BCUT2D eigenvalue weighted by Crippen LogP contribution is -2.34. The van der Waals surface area contributed by atoms with E-state index in [2.05, 4.69) is 20.9 Å². The zero-order valence-electron chi connectivity index (χ0n) is 21.1. The van der Waals surface area contributed by atoms with Gasteiger partial charge in [-0.2, -0.15) is 0 Å². The second-order valence-corrected chi connectivity index (χ2v) is 8.41. The Bertz CT molecular complexity index is 1510. The normalized spacial score (nSPS) is 13.1. The Labute approximate surface area is 217 Å². The second-order valence-electron chi connectivity index (χ2n) is 8.41. The van der Waals surface area contributed by atoms with Gasteiger partial charge in [0.1, 0.15) is 11.6 Å². The number of aromatic amines is 1. The maximum Gasteiger partial charge on any atom is 0.340 e. The molecule has 0 saturated heterocycles. The number of urea groups is 1. The summed E-state index contributed by atoms with van der Waals surface area (Å²) < 4.78 is 24.1. The number of H-pyrrole nitrogens is 1. The molecule has 196 valence electrons. The van der Waals surface area contributed by atoms with Crippen molar-refractivity contribution in [2.45, 2.75) is 20.8 Å². The number of anilines is 2. The van der Waals surface area contributed by atoms with Crippen LogP contribution in [-0.4, -0.2) is 42.5 Å². The molecule has 38 heavy (non-hydrogen) atoms. The summed E-state index contributed by atoms with van der Waals surface area (Å²) in [4.78, 5) is 52.8. The van der Waals surface area contributed by atoms with Crippen LogP contribution in [0, 0.1) is 19.7 Å². The molecule has 11 heteroatoms. The van der Waals surface area contributed by atoms with Gasteiger partial charge in [-0.3, -0.25) is 14.9 Å². The summed E-state index contributed by atoms with van der Waals surface area (Å²) >= 11 is 0. The summed E-state index contributed by atoms with van der Waals surface area (Å²) in [7, 11) is 1.36. The lowest BCUT2D eigenvalue weighted by atomic mass is 10.0. The first-order valence-electron chi connectivity index (χ1n) is 11.6. The Morgan fingerprint density at radius 3 is 2.55 bits per heavy atom. The third-order valence-corrected chi connectivity index (χ3v) is 5.95. The number of imide groups is 1. The minimum absolute atomic E-state index is 0.234. The Kier molecular flexibility index (Phi) is 7.28. The van der Waals surface area contributed by atoms with Crippen LogP contribution in [0.2, 0.25) is 0 Å². The lowest BCUT2D eigenvalue weighted by Gasteiger charge is -2.09. The number of aromatic nitrogens is 1. The van der Waals surface area contributed by atoms with Gasteiger partial charge in [-0.15, -0.1) is 0 Å². The van der Waals surface area contributed by atoms with E-state index in [1.165, 1.54) is 25.3 Å². The van der Waals surface area contributed by atoms with E-state index in [0.29, 0.717) is 45.0 Å². The van der Waals surface area contributed by atoms with Crippen LogP contribution >= 0.6 is 0 Å². The van der Waals surface area contributed by atoms with Gasteiger partial charge in [0.15, 0.2) is 0 Å². The highest BCUT2D eigenvalue weighted by Crippen LogP contribution is 2.36. The van der Waals surface area contributed by atoms with Gasteiger partial charge in [0, 0.05) is 28.7 Å². The molecule has 4 N–H and O–H groups in total. The smallest absolute Gasteiger partial charge is 0.340 e.